The summed E-state index contributed by atoms with van der Waals surface area (Å²) in [5.74, 6) is 0.727. The lowest BCUT2D eigenvalue weighted by atomic mass is 9.95. The highest BCUT2D eigenvalue weighted by molar-refractivity contribution is 4.69. The zero-order valence-corrected chi connectivity index (χ0v) is 8.21. The average molecular weight is 172 g/mol. The average Bonchev–Trinajstić information content (AvgIpc) is 2.15. The van der Waals surface area contributed by atoms with Gasteiger partial charge in [-0.05, 0) is 32.1 Å². The summed E-state index contributed by atoms with van der Waals surface area (Å²) < 4.78 is 11.0. The molecule has 0 aromatic heterocycles. The molecule has 0 radical (unpaired) electrons. The molecule has 0 aliphatic carbocycles. The number of hydrogen-bond donors (Lipinski definition) is 0. The van der Waals surface area contributed by atoms with Gasteiger partial charge >= 0.3 is 0 Å². The van der Waals surface area contributed by atoms with Crippen molar-refractivity contribution in [2.45, 2.75) is 39.2 Å². The predicted molar refractivity (Wildman–Crippen MR) is 49.2 cm³/mol. The van der Waals surface area contributed by atoms with Crippen LogP contribution in [-0.4, -0.2) is 25.9 Å². The van der Waals surface area contributed by atoms with E-state index in [9.17, 15) is 0 Å². The van der Waals surface area contributed by atoms with Crippen molar-refractivity contribution in [1.82, 2.24) is 0 Å². The van der Waals surface area contributed by atoms with Crippen LogP contribution < -0.4 is 0 Å². The monoisotopic (exact) mass is 172 g/mol. The van der Waals surface area contributed by atoms with Gasteiger partial charge in [0.15, 0.2) is 0 Å². The molecular weight excluding hydrogens is 152 g/mol. The lowest BCUT2D eigenvalue weighted by Gasteiger charge is -2.27. The van der Waals surface area contributed by atoms with Crippen LogP contribution in [0.5, 0.6) is 0 Å². The third-order valence-corrected chi connectivity index (χ3v) is 2.51. The van der Waals surface area contributed by atoms with Crippen molar-refractivity contribution in [3.05, 3.63) is 0 Å². The molecule has 12 heavy (non-hydrogen) atoms. The summed E-state index contributed by atoms with van der Waals surface area (Å²) in [5, 5.41) is 0. The molecule has 0 saturated carbocycles. The fourth-order valence-corrected chi connectivity index (χ4v) is 1.63. The Bertz CT molecular complexity index is 108. The summed E-state index contributed by atoms with van der Waals surface area (Å²) in [6.07, 6.45) is 3.89. The van der Waals surface area contributed by atoms with E-state index in [4.69, 9.17) is 9.47 Å². The van der Waals surface area contributed by atoms with E-state index >= 15 is 0 Å². The third kappa shape index (κ3) is 3.11. The van der Waals surface area contributed by atoms with Gasteiger partial charge in [-0.2, -0.15) is 0 Å². The first kappa shape index (κ1) is 10.0. The minimum atomic E-state index is 0.425. The maximum Gasteiger partial charge on any atom is 0.0576 e. The van der Waals surface area contributed by atoms with Crippen LogP contribution in [0, 0.1) is 5.92 Å². The molecule has 1 atom stereocenters. The van der Waals surface area contributed by atoms with Gasteiger partial charge in [-0.1, -0.05) is 6.92 Å². The van der Waals surface area contributed by atoms with Crippen LogP contribution in [0.2, 0.25) is 0 Å². The first-order valence-electron chi connectivity index (χ1n) is 5.04. The summed E-state index contributed by atoms with van der Waals surface area (Å²) in [4.78, 5) is 0. The van der Waals surface area contributed by atoms with Gasteiger partial charge in [-0.25, -0.2) is 0 Å². The standard InChI is InChI=1S/C10H20O2/c1-3-6-12-9(2)10-4-7-11-8-5-10/h9-10H,3-8H2,1-2H3. The molecule has 1 aliphatic heterocycles. The molecule has 1 heterocycles. The lowest BCUT2D eigenvalue weighted by molar-refractivity contribution is -0.0245. The van der Waals surface area contributed by atoms with Crippen LogP contribution >= 0.6 is 0 Å². The molecule has 1 fully saturated rings. The number of ether oxygens (including phenoxy) is 2. The van der Waals surface area contributed by atoms with Crippen LogP contribution in [-0.2, 0) is 9.47 Å². The summed E-state index contributed by atoms with van der Waals surface area (Å²) >= 11 is 0. The highest BCUT2D eigenvalue weighted by atomic mass is 16.5. The van der Waals surface area contributed by atoms with Crippen molar-refractivity contribution in [2.24, 2.45) is 5.92 Å². The Balaban J connectivity index is 2.15. The van der Waals surface area contributed by atoms with E-state index in [-0.39, 0.29) is 0 Å². The normalized spacial score (nSPS) is 22.5. The minimum absolute atomic E-state index is 0.425. The quantitative estimate of drug-likeness (QED) is 0.647. The first-order chi connectivity index (χ1) is 5.84. The van der Waals surface area contributed by atoms with Crippen LogP contribution in [0.25, 0.3) is 0 Å². The maximum atomic E-state index is 5.68. The molecule has 0 amide bonds. The van der Waals surface area contributed by atoms with Gasteiger partial charge in [0.2, 0.25) is 0 Å². The van der Waals surface area contributed by atoms with Crippen molar-refractivity contribution in [2.75, 3.05) is 19.8 Å². The van der Waals surface area contributed by atoms with Gasteiger partial charge < -0.3 is 9.47 Å². The molecule has 1 saturated heterocycles. The lowest BCUT2D eigenvalue weighted by Crippen LogP contribution is -2.27. The Labute approximate surface area is 75.2 Å². The third-order valence-electron chi connectivity index (χ3n) is 2.51. The van der Waals surface area contributed by atoms with Crippen molar-refractivity contribution >= 4 is 0 Å². The van der Waals surface area contributed by atoms with E-state index in [0.29, 0.717) is 6.10 Å². The molecule has 0 aromatic carbocycles. The second-order valence-corrected chi connectivity index (χ2v) is 3.53. The van der Waals surface area contributed by atoms with Crippen molar-refractivity contribution < 1.29 is 9.47 Å². The Morgan fingerprint density at radius 3 is 2.67 bits per heavy atom. The largest absolute Gasteiger partial charge is 0.381 e. The van der Waals surface area contributed by atoms with Crippen LogP contribution in [0.15, 0.2) is 0 Å². The molecule has 2 heteroatoms. The molecule has 0 aromatic rings. The van der Waals surface area contributed by atoms with E-state index in [2.05, 4.69) is 13.8 Å². The Kier molecular flexibility index (Phi) is 4.62. The fourth-order valence-electron chi connectivity index (χ4n) is 1.63. The summed E-state index contributed by atoms with van der Waals surface area (Å²) in [7, 11) is 0. The zero-order valence-electron chi connectivity index (χ0n) is 8.21. The van der Waals surface area contributed by atoms with Gasteiger partial charge in [-0.3, -0.25) is 0 Å². The number of hydrogen-bond acceptors (Lipinski definition) is 2. The zero-order chi connectivity index (χ0) is 8.81. The fraction of sp³-hybridized carbons (Fsp3) is 1.00. The van der Waals surface area contributed by atoms with Gasteiger partial charge in [-0.15, -0.1) is 0 Å². The first-order valence-corrected chi connectivity index (χ1v) is 5.04. The van der Waals surface area contributed by atoms with Gasteiger partial charge in [0, 0.05) is 19.8 Å². The molecule has 0 N–H and O–H groups in total. The van der Waals surface area contributed by atoms with Crippen molar-refractivity contribution in [1.29, 1.82) is 0 Å². The summed E-state index contributed by atoms with van der Waals surface area (Å²) in [6, 6.07) is 0. The Morgan fingerprint density at radius 1 is 1.42 bits per heavy atom. The van der Waals surface area contributed by atoms with E-state index in [0.717, 1.165) is 32.2 Å². The smallest absolute Gasteiger partial charge is 0.0576 e. The second kappa shape index (κ2) is 5.55. The SMILES string of the molecule is CCCOC(C)C1CCOCC1. The topological polar surface area (TPSA) is 18.5 Å². The van der Waals surface area contributed by atoms with Gasteiger partial charge in [0.05, 0.1) is 6.10 Å². The molecule has 1 rings (SSSR count). The van der Waals surface area contributed by atoms with Crippen molar-refractivity contribution in [3.63, 3.8) is 0 Å². The number of rotatable bonds is 4. The van der Waals surface area contributed by atoms with Crippen LogP contribution in [0.3, 0.4) is 0 Å². The summed E-state index contributed by atoms with van der Waals surface area (Å²) in [5.41, 5.74) is 0. The van der Waals surface area contributed by atoms with E-state index in [1.54, 1.807) is 0 Å². The second-order valence-electron chi connectivity index (χ2n) is 3.53. The molecule has 1 aliphatic rings. The van der Waals surface area contributed by atoms with E-state index in [1.165, 1.54) is 12.8 Å². The van der Waals surface area contributed by atoms with Gasteiger partial charge in [0.25, 0.3) is 0 Å². The molecular formula is C10H20O2. The predicted octanol–water partition coefficient (Wildman–Crippen LogP) is 2.23. The molecule has 72 valence electrons. The Morgan fingerprint density at radius 2 is 2.08 bits per heavy atom. The van der Waals surface area contributed by atoms with Crippen LogP contribution in [0.4, 0.5) is 0 Å². The summed E-state index contributed by atoms with van der Waals surface area (Å²) in [6.45, 7) is 7.08. The Hall–Kier alpha value is -0.0800. The minimum Gasteiger partial charge on any atom is -0.381 e. The molecule has 0 spiro atoms. The van der Waals surface area contributed by atoms with Gasteiger partial charge in [0.1, 0.15) is 0 Å². The molecule has 0 bridgehead atoms. The van der Waals surface area contributed by atoms with E-state index in [1.807, 2.05) is 0 Å². The van der Waals surface area contributed by atoms with Crippen molar-refractivity contribution in [3.8, 4) is 0 Å². The molecule has 1 unspecified atom stereocenters. The maximum absolute atomic E-state index is 5.68. The molecule has 2 nitrogen and oxygen atoms in total. The highest BCUT2D eigenvalue weighted by Crippen LogP contribution is 2.20. The highest BCUT2D eigenvalue weighted by Gasteiger charge is 2.20. The van der Waals surface area contributed by atoms with E-state index < -0.39 is 0 Å². The van der Waals surface area contributed by atoms with Crippen LogP contribution in [0.1, 0.15) is 33.1 Å².